The smallest absolute Gasteiger partial charge is 0.131 e. The molecule has 0 saturated heterocycles. The minimum atomic E-state index is -0.304. The molecule has 3 nitrogen and oxygen atoms in total. The van der Waals surface area contributed by atoms with Crippen molar-refractivity contribution in [2.75, 3.05) is 6.61 Å². The predicted octanol–water partition coefficient (Wildman–Crippen LogP) is 2.61. The first-order valence-corrected chi connectivity index (χ1v) is 4.73. The van der Waals surface area contributed by atoms with E-state index in [4.69, 9.17) is 4.74 Å². The monoisotopic (exact) mass is 206 g/mol. The molecule has 0 saturated carbocycles. The van der Waals surface area contributed by atoms with Crippen molar-refractivity contribution in [1.29, 1.82) is 0 Å². The summed E-state index contributed by atoms with van der Waals surface area (Å²) in [6.45, 7) is 2.37. The summed E-state index contributed by atoms with van der Waals surface area (Å²) < 4.78 is 18.4. The van der Waals surface area contributed by atoms with Crippen molar-refractivity contribution in [3.63, 3.8) is 0 Å². The Bertz CT molecular complexity index is 440. The highest BCUT2D eigenvalue weighted by molar-refractivity contribution is 5.66. The van der Waals surface area contributed by atoms with Crippen LogP contribution in [-0.4, -0.2) is 16.8 Å². The lowest BCUT2D eigenvalue weighted by molar-refractivity contribution is 0.339. The zero-order chi connectivity index (χ0) is 10.7. The minimum absolute atomic E-state index is 0.304. The Morgan fingerprint density at radius 3 is 2.93 bits per heavy atom. The molecule has 0 atom stereocenters. The Kier molecular flexibility index (Phi) is 2.67. The maximum Gasteiger partial charge on any atom is 0.131 e. The Hall–Kier alpha value is -1.84. The van der Waals surface area contributed by atoms with Crippen molar-refractivity contribution in [3.8, 4) is 17.0 Å². The molecular formula is C11H11FN2O. The van der Waals surface area contributed by atoms with Crippen molar-refractivity contribution in [2.45, 2.75) is 6.92 Å². The normalized spacial score (nSPS) is 10.3. The third-order valence-corrected chi connectivity index (χ3v) is 2.03. The van der Waals surface area contributed by atoms with Crippen LogP contribution >= 0.6 is 0 Å². The largest absolute Gasteiger partial charge is 0.493 e. The Labute approximate surface area is 86.9 Å². The van der Waals surface area contributed by atoms with Gasteiger partial charge in [-0.05, 0) is 25.1 Å². The lowest BCUT2D eigenvalue weighted by Gasteiger charge is -2.08. The van der Waals surface area contributed by atoms with Gasteiger partial charge < -0.3 is 4.74 Å². The summed E-state index contributed by atoms with van der Waals surface area (Å²) >= 11 is 0. The van der Waals surface area contributed by atoms with E-state index in [1.807, 2.05) is 13.0 Å². The first-order valence-electron chi connectivity index (χ1n) is 4.73. The number of nitrogens with one attached hydrogen (secondary N) is 1. The van der Waals surface area contributed by atoms with Crippen LogP contribution in [0.4, 0.5) is 4.39 Å². The molecular weight excluding hydrogens is 195 g/mol. The lowest BCUT2D eigenvalue weighted by atomic mass is 10.1. The van der Waals surface area contributed by atoms with Crippen LogP contribution in [0.1, 0.15) is 6.92 Å². The van der Waals surface area contributed by atoms with Gasteiger partial charge in [0.25, 0.3) is 0 Å². The van der Waals surface area contributed by atoms with Gasteiger partial charge in [-0.1, -0.05) is 0 Å². The Morgan fingerprint density at radius 1 is 1.40 bits per heavy atom. The second-order valence-corrected chi connectivity index (χ2v) is 3.04. The van der Waals surface area contributed by atoms with E-state index in [9.17, 15) is 4.39 Å². The molecule has 2 rings (SSSR count). The number of hydrogen-bond donors (Lipinski definition) is 1. The van der Waals surface area contributed by atoms with Crippen LogP contribution in [0.25, 0.3) is 11.3 Å². The molecule has 1 aromatic heterocycles. The molecule has 0 fully saturated rings. The van der Waals surface area contributed by atoms with Gasteiger partial charge in [-0.25, -0.2) is 4.39 Å². The van der Waals surface area contributed by atoms with Gasteiger partial charge in [0.15, 0.2) is 0 Å². The molecule has 1 heterocycles. The van der Waals surface area contributed by atoms with Crippen LogP contribution in [-0.2, 0) is 0 Å². The Balaban J connectivity index is 2.46. The average Bonchev–Trinajstić information content (AvgIpc) is 2.71. The average molecular weight is 206 g/mol. The molecule has 0 unspecified atom stereocenters. The summed E-state index contributed by atoms with van der Waals surface area (Å²) in [4.78, 5) is 0. The van der Waals surface area contributed by atoms with E-state index < -0.39 is 0 Å². The summed E-state index contributed by atoms with van der Waals surface area (Å²) in [5.41, 5.74) is 1.63. The van der Waals surface area contributed by atoms with Gasteiger partial charge in [0, 0.05) is 17.8 Å². The van der Waals surface area contributed by atoms with Gasteiger partial charge >= 0.3 is 0 Å². The van der Waals surface area contributed by atoms with Gasteiger partial charge in [-0.2, -0.15) is 5.10 Å². The van der Waals surface area contributed by atoms with Crippen molar-refractivity contribution in [3.05, 3.63) is 36.3 Å². The number of aromatic nitrogens is 2. The molecule has 0 bridgehead atoms. The zero-order valence-corrected chi connectivity index (χ0v) is 8.33. The number of halogens is 1. The first-order chi connectivity index (χ1) is 7.31. The molecule has 0 amide bonds. The Morgan fingerprint density at radius 2 is 2.27 bits per heavy atom. The number of aromatic amines is 1. The SMILES string of the molecule is CCOc1cc(F)ccc1-c1ccn[nH]1. The van der Waals surface area contributed by atoms with E-state index >= 15 is 0 Å². The van der Waals surface area contributed by atoms with E-state index in [0.29, 0.717) is 12.4 Å². The standard InChI is InChI=1S/C11H11FN2O/c1-2-15-11-7-8(12)3-4-9(11)10-5-6-13-14-10/h3-7H,2H2,1H3,(H,13,14). The molecule has 1 N–H and O–H groups in total. The molecule has 0 spiro atoms. The highest BCUT2D eigenvalue weighted by Crippen LogP contribution is 2.28. The second kappa shape index (κ2) is 4.13. The predicted molar refractivity (Wildman–Crippen MR) is 55.2 cm³/mol. The van der Waals surface area contributed by atoms with Gasteiger partial charge in [0.05, 0.1) is 12.3 Å². The maximum atomic E-state index is 13.0. The van der Waals surface area contributed by atoms with Crippen molar-refractivity contribution in [2.24, 2.45) is 0 Å². The van der Waals surface area contributed by atoms with Gasteiger partial charge in [-0.3, -0.25) is 5.10 Å². The van der Waals surface area contributed by atoms with Crippen LogP contribution in [0, 0.1) is 5.82 Å². The molecule has 4 heteroatoms. The highest BCUT2D eigenvalue weighted by Gasteiger charge is 2.08. The van der Waals surface area contributed by atoms with Crippen molar-refractivity contribution in [1.82, 2.24) is 10.2 Å². The third-order valence-electron chi connectivity index (χ3n) is 2.03. The first kappa shape index (κ1) is 9.71. The molecule has 0 radical (unpaired) electrons. The highest BCUT2D eigenvalue weighted by atomic mass is 19.1. The summed E-state index contributed by atoms with van der Waals surface area (Å²) in [5, 5.41) is 6.67. The van der Waals surface area contributed by atoms with E-state index in [-0.39, 0.29) is 5.82 Å². The van der Waals surface area contributed by atoms with Crippen LogP contribution in [0.3, 0.4) is 0 Å². The summed E-state index contributed by atoms with van der Waals surface area (Å²) in [6.07, 6.45) is 1.65. The number of rotatable bonds is 3. The topological polar surface area (TPSA) is 37.9 Å². The fourth-order valence-electron chi connectivity index (χ4n) is 1.40. The minimum Gasteiger partial charge on any atom is -0.493 e. The van der Waals surface area contributed by atoms with Gasteiger partial charge in [0.2, 0.25) is 0 Å². The van der Waals surface area contributed by atoms with Crippen LogP contribution in [0.5, 0.6) is 5.75 Å². The number of nitrogens with zero attached hydrogens (tertiary/aromatic N) is 1. The van der Waals surface area contributed by atoms with E-state index in [0.717, 1.165) is 11.3 Å². The fourth-order valence-corrected chi connectivity index (χ4v) is 1.40. The molecule has 0 aliphatic heterocycles. The van der Waals surface area contributed by atoms with Crippen LogP contribution in [0.2, 0.25) is 0 Å². The van der Waals surface area contributed by atoms with E-state index in [2.05, 4.69) is 10.2 Å². The number of ether oxygens (including phenoxy) is 1. The number of H-pyrrole nitrogens is 1. The quantitative estimate of drug-likeness (QED) is 0.838. The molecule has 15 heavy (non-hydrogen) atoms. The summed E-state index contributed by atoms with van der Waals surface area (Å²) in [6, 6.07) is 6.27. The van der Waals surface area contributed by atoms with E-state index in [1.165, 1.54) is 12.1 Å². The summed E-state index contributed by atoms with van der Waals surface area (Å²) in [7, 11) is 0. The van der Waals surface area contributed by atoms with Gasteiger partial charge in [-0.15, -0.1) is 0 Å². The van der Waals surface area contributed by atoms with E-state index in [1.54, 1.807) is 12.3 Å². The lowest BCUT2D eigenvalue weighted by Crippen LogP contribution is -1.95. The van der Waals surface area contributed by atoms with Crippen molar-refractivity contribution >= 4 is 0 Å². The molecule has 2 aromatic rings. The fraction of sp³-hybridized carbons (Fsp3) is 0.182. The zero-order valence-electron chi connectivity index (χ0n) is 8.33. The molecule has 1 aromatic carbocycles. The van der Waals surface area contributed by atoms with Crippen LogP contribution < -0.4 is 4.74 Å². The third kappa shape index (κ3) is 1.98. The molecule has 0 aliphatic carbocycles. The van der Waals surface area contributed by atoms with Gasteiger partial charge in [0.1, 0.15) is 11.6 Å². The van der Waals surface area contributed by atoms with Crippen molar-refractivity contribution < 1.29 is 9.13 Å². The maximum absolute atomic E-state index is 13.0. The number of benzene rings is 1. The van der Waals surface area contributed by atoms with Crippen LogP contribution in [0.15, 0.2) is 30.5 Å². The summed E-state index contributed by atoms with van der Waals surface area (Å²) in [5.74, 6) is 0.225. The number of hydrogen-bond acceptors (Lipinski definition) is 2. The molecule has 0 aliphatic rings. The second-order valence-electron chi connectivity index (χ2n) is 3.04. The molecule has 78 valence electrons.